The van der Waals surface area contributed by atoms with Gasteiger partial charge in [-0.15, -0.1) is 0 Å². The van der Waals surface area contributed by atoms with E-state index in [-0.39, 0.29) is 11.8 Å². The van der Waals surface area contributed by atoms with E-state index in [4.69, 9.17) is 9.15 Å². The van der Waals surface area contributed by atoms with E-state index in [1.807, 2.05) is 17.3 Å². The Bertz CT molecular complexity index is 707. The highest BCUT2D eigenvalue weighted by Crippen LogP contribution is 2.27. The zero-order chi connectivity index (χ0) is 17.8. The molecule has 136 valence electrons. The molecule has 25 heavy (non-hydrogen) atoms. The van der Waals surface area contributed by atoms with E-state index in [1.165, 1.54) is 7.11 Å². The number of likely N-dealkylation sites (tertiary alicyclic amines) is 1. The number of amides is 1. The second-order valence-electron chi connectivity index (χ2n) is 6.70. The minimum Gasteiger partial charge on any atom is -0.468 e. The number of piperidine rings is 1. The molecule has 1 amide bonds. The SMILES string of the molecule is COc1ccc(C(=O)N2CCCC(c3nccn3CCN(C)C)C2)o1. The molecule has 0 aliphatic carbocycles. The number of carbonyl (C=O) groups excluding carboxylic acids is 1. The first-order valence-corrected chi connectivity index (χ1v) is 8.67. The summed E-state index contributed by atoms with van der Waals surface area (Å²) in [4.78, 5) is 21.3. The second-order valence-corrected chi connectivity index (χ2v) is 6.70. The summed E-state index contributed by atoms with van der Waals surface area (Å²) < 4.78 is 12.6. The van der Waals surface area contributed by atoms with Crippen molar-refractivity contribution in [3.63, 3.8) is 0 Å². The first kappa shape index (κ1) is 17.5. The van der Waals surface area contributed by atoms with Gasteiger partial charge in [0.15, 0.2) is 5.76 Å². The number of likely N-dealkylation sites (N-methyl/N-ethyl adjacent to an activating group) is 1. The minimum atomic E-state index is -0.0839. The van der Waals surface area contributed by atoms with Gasteiger partial charge in [0.05, 0.1) is 7.11 Å². The van der Waals surface area contributed by atoms with Gasteiger partial charge in [0.25, 0.3) is 11.9 Å². The molecule has 0 N–H and O–H groups in total. The number of ether oxygens (including phenoxy) is 1. The lowest BCUT2D eigenvalue weighted by Crippen LogP contribution is -2.39. The first-order chi connectivity index (χ1) is 12.1. The summed E-state index contributed by atoms with van der Waals surface area (Å²) >= 11 is 0. The Morgan fingerprint density at radius 2 is 2.28 bits per heavy atom. The summed E-state index contributed by atoms with van der Waals surface area (Å²) in [5.74, 6) is 1.92. The maximum Gasteiger partial charge on any atom is 0.289 e. The van der Waals surface area contributed by atoms with Crippen LogP contribution in [0.4, 0.5) is 0 Å². The number of methoxy groups -OCH3 is 1. The Kier molecular flexibility index (Phi) is 5.43. The molecular weight excluding hydrogens is 320 g/mol. The van der Waals surface area contributed by atoms with Crippen molar-refractivity contribution in [2.24, 2.45) is 0 Å². The van der Waals surface area contributed by atoms with Crippen LogP contribution in [0.5, 0.6) is 5.95 Å². The lowest BCUT2D eigenvalue weighted by atomic mass is 9.97. The third-order valence-corrected chi connectivity index (χ3v) is 4.60. The summed E-state index contributed by atoms with van der Waals surface area (Å²) in [7, 11) is 5.65. The second kappa shape index (κ2) is 7.74. The maximum absolute atomic E-state index is 12.7. The van der Waals surface area contributed by atoms with Crippen molar-refractivity contribution in [2.45, 2.75) is 25.3 Å². The van der Waals surface area contributed by atoms with E-state index in [1.54, 1.807) is 12.1 Å². The summed E-state index contributed by atoms with van der Waals surface area (Å²) in [5, 5.41) is 0. The van der Waals surface area contributed by atoms with Gasteiger partial charge >= 0.3 is 0 Å². The van der Waals surface area contributed by atoms with Crippen LogP contribution in [0.15, 0.2) is 28.9 Å². The molecule has 1 atom stereocenters. The fraction of sp³-hybridized carbons (Fsp3) is 0.556. The maximum atomic E-state index is 12.7. The number of imidazole rings is 1. The van der Waals surface area contributed by atoms with E-state index in [9.17, 15) is 4.79 Å². The average Bonchev–Trinajstić information content (AvgIpc) is 3.28. The molecule has 2 aromatic heterocycles. The van der Waals surface area contributed by atoms with Crippen LogP contribution in [0.2, 0.25) is 0 Å². The molecular formula is C18H26N4O3. The van der Waals surface area contributed by atoms with Gasteiger partial charge in [0, 0.05) is 50.6 Å². The predicted octanol–water partition coefficient (Wildman–Crippen LogP) is 2.07. The topological polar surface area (TPSA) is 63.7 Å². The van der Waals surface area contributed by atoms with Gasteiger partial charge in [-0.1, -0.05) is 0 Å². The van der Waals surface area contributed by atoms with Crippen LogP contribution < -0.4 is 4.74 Å². The monoisotopic (exact) mass is 346 g/mol. The zero-order valence-electron chi connectivity index (χ0n) is 15.1. The third kappa shape index (κ3) is 4.04. The van der Waals surface area contributed by atoms with Crippen molar-refractivity contribution in [1.29, 1.82) is 0 Å². The van der Waals surface area contributed by atoms with Gasteiger partial charge in [-0.05, 0) is 33.0 Å². The van der Waals surface area contributed by atoms with Crippen molar-refractivity contribution >= 4 is 5.91 Å². The number of rotatable bonds is 6. The third-order valence-electron chi connectivity index (χ3n) is 4.60. The molecule has 0 radical (unpaired) electrons. The number of aromatic nitrogens is 2. The highest BCUT2D eigenvalue weighted by Gasteiger charge is 2.29. The number of nitrogens with zero attached hydrogens (tertiary/aromatic N) is 4. The number of hydrogen-bond acceptors (Lipinski definition) is 5. The number of furan rings is 1. The molecule has 1 unspecified atom stereocenters. The molecule has 2 aromatic rings. The van der Waals surface area contributed by atoms with Crippen LogP contribution in [0.25, 0.3) is 0 Å². The van der Waals surface area contributed by atoms with Gasteiger partial charge < -0.3 is 23.5 Å². The van der Waals surface area contributed by atoms with Gasteiger partial charge in [-0.2, -0.15) is 0 Å². The smallest absolute Gasteiger partial charge is 0.289 e. The van der Waals surface area contributed by atoms with Crippen LogP contribution in [-0.2, 0) is 6.54 Å². The molecule has 0 spiro atoms. The van der Waals surface area contributed by atoms with Crippen molar-refractivity contribution in [2.75, 3.05) is 40.8 Å². The van der Waals surface area contributed by atoms with E-state index >= 15 is 0 Å². The Morgan fingerprint density at radius 3 is 3.00 bits per heavy atom. The van der Waals surface area contributed by atoms with Crippen molar-refractivity contribution in [3.8, 4) is 5.95 Å². The zero-order valence-corrected chi connectivity index (χ0v) is 15.1. The molecule has 0 aromatic carbocycles. The molecule has 1 saturated heterocycles. The van der Waals surface area contributed by atoms with Gasteiger partial charge in [-0.25, -0.2) is 4.98 Å². The summed E-state index contributed by atoms with van der Waals surface area (Å²) in [5.41, 5.74) is 0. The van der Waals surface area contributed by atoms with Crippen molar-refractivity contribution in [1.82, 2.24) is 19.4 Å². The van der Waals surface area contributed by atoms with Crippen LogP contribution in [0.1, 0.15) is 35.1 Å². The van der Waals surface area contributed by atoms with Gasteiger partial charge in [0.1, 0.15) is 5.82 Å². The Labute approximate surface area is 148 Å². The van der Waals surface area contributed by atoms with Crippen molar-refractivity contribution < 1.29 is 13.9 Å². The minimum absolute atomic E-state index is 0.0839. The standard InChI is InChI=1S/C18H26N4O3/c1-20(2)11-12-21-10-8-19-17(21)14-5-4-9-22(13-14)18(23)15-6-7-16(24-3)25-15/h6-8,10,14H,4-5,9,11-13H2,1-3H3. The van der Waals surface area contributed by atoms with E-state index in [0.29, 0.717) is 18.3 Å². The highest BCUT2D eigenvalue weighted by atomic mass is 16.6. The Balaban J connectivity index is 1.69. The predicted molar refractivity (Wildman–Crippen MR) is 93.9 cm³/mol. The van der Waals surface area contributed by atoms with E-state index < -0.39 is 0 Å². The normalized spacial score (nSPS) is 17.9. The molecule has 3 heterocycles. The lowest BCUT2D eigenvalue weighted by Gasteiger charge is -2.32. The van der Waals surface area contributed by atoms with Gasteiger partial charge in [0.2, 0.25) is 0 Å². The number of carbonyl (C=O) groups is 1. The molecule has 0 saturated carbocycles. The van der Waals surface area contributed by atoms with Crippen LogP contribution in [0, 0.1) is 0 Å². The molecule has 1 aliphatic rings. The van der Waals surface area contributed by atoms with E-state index in [2.05, 4.69) is 28.5 Å². The summed E-state index contributed by atoms with van der Waals surface area (Å²) in [6.45, 7) is 3.28. The van der Waals surface area contributed by atoms with Crippen molar-refractivity contribution in [3.05, 3.63) is 36.1 Å². The van der Waals surface area contributed by atoms with E-state index in [0.717, 1.165) is 38.3 Å². The molecule has 7 heteroatoms. The molecule has 1 aliphatic heterocycles. The van der Waals surface area contributed by atoms with Gasteiger partial charge in [-0.3, -0.25) is 4.79 Å². The summed E-state index contributed by atoms with van der Waals surface area (Å²) in [6.07, 6.45) is 5.89. The Morgan fingerprint density at radius 1 is 1.44 bits per heavy atom. The molecule has 3 rings (SSSR count). The average molecular weight is 346 g/mol. The number of hydrogen-bond donors (Lipinski definition) is 0. The van der Waals surface area contributed by atoms with Crippen LogP contribution in [-0.4, -0.2) is 66.1 Å². The largest absolute Gasteiger partial charge is 0.468 e. The molecule has 0 bridgehead atoms. The fourth-order valence-electron chi connectivity index (χ4n) is 3.25. The molecule has 1 fully saturated rings. The quantitative estimate of drug-likeness (QED) is 0.801. The lowest BCUT2D eigenvalue weighted by molar-refractivity contribution is 0.0665. The van der Waals surface area contributed by atoms with Crippen LogP contribution in [0.3, 0.4) is 0 Å². The Hall–Kier alpha value is -2.28. The van der Waals surface area contributed by atoms with Crippen LogP contribution >= 0.6 is 0 Å². The first-order valence-electron chi connectivity index (χ1n) is 8.67. The fourth-order valence-corrected chi connectivity index (χ4v) is 3.25. The molecule has 7 nitrogen and oxygen atoms in total. The summed E-state index contributed by atoms with van der Waals surface area (Å²) in [6, 6.07) is 3.34. The highest BCUT2D eigenvalue weighted by molar-refractivity contribution is 5.91.